The van der Waals surface area contributed by atoms with Gasteiger partial charge in [0, 0.05) is 41.5 Å². The van der Waals surface area contributed by atoms with Crippen molar-refractivity contribution in [3.63, 3.8) is 0 Å². The van der Waals surface area contributed by atoms with Gasteiger partial charge in [0.15, 0.2) is 41.8 Å². The van der Waals surface area contributed by atoms with Crippen LogP contribution in [0.2, 0.25) is 0 Å². The maximum atomic E-state index is 13.4. The number of carbonyl (C=O) groups is 5. The number of esters is 5. The van der Waals surface area contributed by atoms with Crippen LogP contribution in [0.4, 0.5) is 0 Å². The van der Waals surface area contributed by atoms with Gasteiger partial charge in [-0.3, -0.25) is 0 Å². The third-order valence-corrected chi connectivity index (χ3v) is 11.1. The molecule has 22 heteroatoms. The van der Waals surface area contributed by atoms with Crippen molar-refractivity contribution in [3.05, 3.63) is 165 Å². The lowest BCUT2D eigenvalue weighted by Gasteiger charge is -2.19. The Morgan fingerprint density at radius 1 is 0.341 bits per heavy atom. The Hall–Kier alpha value is -9.65. The quantitative estimate of drug-likeness (QED) is 0.00587. The van der Waals surface area contributed by atoms with Crippen molar-refractivity contribution in [2.75, 3.05) is 79.3 Å². The van der Waals surface area contributed by atoms with Gasteiger partial charge in [-0.25, -0.2) is 24.0 Å². The van der Waals surface area contributed by atoms with Crippen LogP contribution in [0.3, 0.4) is 0 Å². The second-order valence-corrected chi connectivity index (χ2v) is 17.8. The zero-order valence-electron chi connectivity index (χ0n) is 49.6. The van der Waals surface area contributed by atoms with Gasteiger partial charge in [-0.05, 0) is 138 Å². The summed E-state index contributed by atoms with van der Waals surface area (Å²) in [5.74, 6) is -0.936. The van der Waals surface area contributed by atoms with E-state index in [1.165, 1.54) is 67.4 Å². The van der Waals surface area contributed by atoms with E-state index in [2.05, 4.69) is 56.7 Å². The van der Waals surface area contributed by atoms with Gasteiger partial charge in [-0.15, -0.1) is 0 Å². The topological polar surface area (TPSA) is 242 Å². The maximum absolute atomic E-state index is 13.4. The molecule has 474 valence electrons. The summed E-state index contributed by atoms with van der Waals surface area (Å²) in [6.45, 7) is 23.1. The molecule has 0 amide bonds. The number of benzene rings is 3. The van der Waals surface area contributed by atoms with E-state index in [1.807, 2.05) is 0 Å². The summed E-state index contributed by atoms with van der Waals surface area (Å²) in [7, 11) is 0. The van der Waals surface area contributed by atoms with Crippen LogP contribution in [0.1, 0.15) is 88.2 Å². The van der Waals surface area contributed by atoms with Crippen molar-refractivity contribution < 1.29 is 105 Å². The van der Waals surface area contributed by atoms with E-state index in [-0.39, 0.29) is 107 Å². The third-order valence-electron chi connectivity index (χ3n) is 11.1. The Balaban J connectivity index is 1.83. The van der Waals surface area contributed by atoms with Crippen LogP contribution in [0.5, 0.6) is 46.0 Å². The molecule has 3 aromatic rings. The molecule has 0 fully saturated rings. The minimum Gasteiger partial charge on any atom is -0.490 e. The van der Waals surface area contributed by atoms with Gasteiger partial charge in [0.05, 0.1) is 79.3 Å². The zero-order chi connectivity index (χ0) is 63.5. The molecule has 0 atom stereocenters. The van der Waals surface area contributed by atoms with Crippen LogP contribution < -0.4 is 37.9 Å². The van der Waals surface area contributed by atoms with E-state index in [0.29, 0.717) is 106 Å². The first kappa shape index (κ1) is 72.6. The van der Waals surface area contributed by atoms with Crippen LogP contribution in [0, 0.1) is 0 Å². The van der Waals surface area contributed by atoms with E-state index < -0.39 is 29.8 Å². The minimum atomic E-state index is -0.745. The normalized spacial score (nSPS) is 10.4. The van der Waals surface area contributed by atoms with Crippen LogP contribution in [0.25, 0.3) is 12.2 Å². The number of unbranched alkanes of at least 4 members (excludes halogenated alkanes) is 6. The van der Waals surface area contributed by atoms with Crippen molar-refractivity contribution in [3.8, 4) is 46.0 Å². The minimum absolute atomic E-state index is 0.145. The Bertz CT molecular complexity index is 2830. The number of hydrogen-bond acceptors (Lipinski definition) is 22. The lowest BCUT2D eigenvalue weighted by molar-refractivity contribution is -0.249. The zero-order valence-corrected chi connectivity index (χ0v) is 49.6. The Kier molecular flexibility index (Phi) is 39.3. The molecule has 0 radical (unpaired) electrons. The summed E-state index contributed by atoms with van der Waals surface area (Å²) in [5, 5.41) is 0. The van der Waals surface area contributed by atoms with Crippen molar-refractivity contribution in [1.29, 1.82) is 0 Å². The van der Waals surface area contributed by atoms with Gasteiger partial charge in [-0.2, -0.15) is 14.7 Å². The standard InChI is InChI=1S/C66H78O22/c1-7-37-81-84-49-22-19-41-73-57-34-26-52(63(77-45-17-15-43-75-59(68)11-5)66(57)80-48-21-24-51-86-83-39-9-3)27-35-61(70)87-54-29-31-55(32-30-54)88-62(71)36-28-53-25-33-56(72-40-13-14-42-74-58(67)10-4)65(79-47-18-16-44-76-60(69)12-6)64(53)78-46-20-23-50-85-82-38-8-2/h10-12,25-39H,1-6,13-24,40-51H2. The number of carbonyl (C=O) groups excluding carboxylic acids is 5. The summed E-state index contributed by atoms with van der Waals surface area (Å²) in [6, 6.07) is 12.6. The first-order chi connectivity index (χ1) is 43.1. The predicted molar refractivity (Wildman–Crippen MR) is 323 cm³/mol. The van der Waals surface area contributed by atoms with E-state index in [1.54, 1.807) is 24.3 Å². The second kappa shape index (κ2) is 47.6. The lowest BCUT2D eigenvalue weighted by atomic mass is 10.1. The van der Waals surface area contributed by atoms with Crippen molar-refractivity contribution in [2.45, 2.75) is 77.0 Å². The average molecular weight is 1220 g/mol. The fraction of sp³-hybridized carbons (Fsp3) is 0.364. The summed E-state index contributed by atoms with van der Waals surface area (Å²) in [5.41, 5.74) is 8.27. The predicted octanol–water partition coefficient (Wildman–Crippen LogP) is 11.8. The number of rotatable bonds is 51. The molecule has 3 rings (SSSR count). The van der Waals surface area contributed by atoms with Gasteiger partial charge >= 0.3 is 29.8 Å². The first-order valence-electron chi connectivity index (χ1n) is 28.3. The fourth-order valence-electron chi connectivity index (χ4n) is 6.88. The van der Waals surface area contributed by atoms with Gasteiger partial charge in [0.1, 0.15) is 11.5 Å². The Morgan fingerprint density at radius 3 is 0.932 bits per heavy atom. The highest BCUT2D eigenvalue weighted by atomic mass is 17.2. The molecular weight excluding hydrogens is 1140 g/mol. The van der Waals surface area contributed by atoms with Gasteiger partial charge in [-0.1, -0.05) is 56.7 Å². The van der Waals surface area contributed by atoms with E-state index in [9.17, 15) is 24.0 Å². The van der Waals surface area contributed by atoms with Crippen LogP contribution in [-0.2, 0) is 67.5 Å². The fourth-order valence-corrected chi connectivity index (χ4v) is 6.88. The SMILES string of the molecule is C=C=COOCCCCOc1ccc(C=CC(=O)Oc2ccc(OC(=O)C=Cc3ccc(OCCCCOC(=O)C=C)c(OCCCCOC(=O)C=C)c3OCCCCOOC=C=C)cc2)c(OCCCCOC(=O)C=C)c1OCCCCOOC=C=C. The smallest absolute Gasteiger partial charge is 0.336 e. The number of hydrogen-bond donors (Lipinski definition) is 0. The van der Waals surface area contributed by atoms with Gasteiger partial charge in [0.25, 0.3) is 0 Å². The Morgan fingerprint density at radius 2 is 0.625 bits per heavy atom. The van der Waals surface area contributed by atoms with Gasteiger partial charge < -0.3 is 66.8 Å². The van der Waals surface area contributed by atoms with E-state index in [0.717, 1.165) is 18.2 Å². The lowest BCUT2D eigenvalue weighted by Crippen LogP contribution is -2.09. The van der Waals surface area contributed by atoms with E-state index in [4.69, 9.17) is 81.4 Å². The van der Waals surface area contributed by atoms with Crippen LogP contribution in [0.15, 0.2) is 154 Å². The van der Waals surface area contributed by atoms with Crippen molar-refractivity contribution in [1.82, 2.24) is 0 Å². The molecule has 0 aliphatic heterocycles. The summed E-state index contributed by atoms with van der Waals surface area (Å²) < 4.78 is 64.1. The summed E-state index contributed by atoms with van der Waals surface area (Å²) in [4.78, 5) is 91.1. The molecule has 0 unspecified atom stereocenters. The van der Waals surface area contributed by atoms with Crippen molar-refractivity contribution in [2.24, 2.45) is 0 Å². The van der Waals surface area contributed by atoms with Crippen LogP contribution in [-0.4, -0.2) is 109 Å². The first-order valence-corrected chi connectivity index (χ1v) is 28.3. The highest BCUT2D eigenvalue weighted by molar-refractivity contribution is 5.91. The molecule has 88 heavy (non-hydrogen) atoms. The molecule has 0 aromatic heterocycles. The Labute approximate surface area is 513 Å². The van der Waals surface area contributed by atoms with Crippen LogP contribution >= 0.6 is 0 Å². The molecule has 0 aliphatic rings. The summed E-state index contributed by atoms with van der Waals surface area (Å²) in [6.07, 6.45) is 18.7. The molecule has 0 spiro atoms. The maximum Gasteiger partial charge on any atom is 0.336 e. The third kappa shape index (κ3) is 32.6. The highest BCUT2D eigenvalue weighted by Crippen LogP contribution is 2.43. The average Bonchev–Trinajstić information content (AvgIpc) is 2.79. The molecular formula is C66H78O22. The largest absolute Gasteiger partial charge is 0.490 e. The molecule has 0 bridgehead atoms. The summed E-state index contributed by atoms with van der Waals surface area (Å²) >= 11 is 0. The molecule has 0 N–H and O–H groups in total. The van der Waals surface area contributed by atoms with Crippen molar-refractivity contribution >= 4 is 42.0 Å². The monoisotopic (exact) mass is 1220 g/mol. The molecule has 0 aliphatic carbocycles. The molecule has 0 saturated carbocycles. The highest BCUT2D eigenvalue weighted by Gasteiger charge is 2.20. The molecule has 3 aromatic carbocycles. The van der Waals surface area contributed by atoms with E-state index >= 15 is 0 Å². The second-order valence-electron chi connectivity index (χ2n) is 17.8. The van der Waals surface area contributed by atoms with Gasteiger partial charge in [0.2, 0.25) is 11.5 Å². The molecule has 0 saturated heterocycles. The number of ether oxygens (including phenoxy) is 11. The molecule has 0 heterocycles. The molecule has 22 nitrogen and oxygen atoms in total.